The van der Waals surface area contributed by atoms with Gasteiger partial charge in [-0.05, 0) is 47.4 Å². The molecular formula is C17H15FN2O. The third-order valence-corrected chi connectivity index (χ3v) is 3.60. The molecule has 1 heterocycles. The van der Waals surface area contributed by atoms with E-state index >= 15 is 0 Å². The number of benzene rings is 2. The molecule has 1 amide bonds. The lowest BCUT2D eigenvalue weighted by molar-refractivity contribution is -0.121. The third kappa shape index (κ3) is 2.84. The molecule has 3 rings (SSSR count). The Bertz CT molecular complexity index is 737. The second-order valence-corrected chi connectivity index (χ2v) is 5.13. The lowest BCUT2D eigenvalue weighted by Gasteiger charge is -2.14. The number of aryl methyl sites for hydroxylation is 1. The quantitative estimate of drug-likeness (QED) is 0.901. The summed E-state index contributed by atoms with van der Waals surface area (Å²) in [5, 5.41) is 4.10. The maximum Gasteiger partial charge on any atom is 0.240 e. The highest BCUT2D eigenvalue weighted by atomic mass is 19.1. The monoisotopic (exact) mass is 282 g/mol. The maximum atomic E-state index is 13.3. The van der Waals surface area contributed by atoms with Gasteiger partial charge < -0.3 is 0 Å². The number of amides is 1. The van der Waals surface area contributed by atoms with E-state index in [1.807, 2.05) is 31.2 Å². The SMILES string of the molecule is Cc1cc(C2=NNC(=O)CC2)ccc1-c1cccc(F)c1. The number of nitrogens with one attached hydrogen (secondary N) is 1. The van der Waals surface area contributed by atoms with Gasteiger partial charge in [-0.25, -0.2) is 9.82 Å². The van der Waals surface area contributed by atoms with Gasteiger partial charge in [0.15, 0.2) is 0 Å². The molecule has 0 saturated heterocycles. The molecule has 0 bridgehead atoms. The van der Waals surface area contributed by atoms with Crippen molar-refractivity contribution < 1.29 is 9.18 Å². The first-order valence-electron chi connectivity index (χ1n) is 6.86. The zero-order valence-corrected chi connectivity index (χ0v) is 11.7. The number of halogens is 1. The predicted molar refractivity (Wildman–Crippen MR) is 80.5 cm³/mol. The van der Waals surface area contributed by atoms with E-state index in [9.17, 15) is 9.18 Å². The number of carbonyl (C=O) groups is 1. The standard InChI is InChI=1S/C17H15FN2O/c1-11-9-13(16-7-8-17(21)20-19-16)5-6-15(11)12-3-2-4-14(18)10-12/h2-6,9-10H,7-8H2,1H3,(H,20,21). The van der Waals surface area contributed by atoms with E-state index in [4.69, 9.17) is 0 Å². The van der Waals surface area contributed by atoms with Gasteiger partial charge in [0.1, 0.15) is 5.82 Å². The molecule has 2 aromatic rings. The topological polar surface area (TPSA) is 41.5 Å². The van der Waals surface area contributed by atoms with E-state index in [1.165, 1.54) is 12.1 Å². The number of carbonyl (C=O) groups excluding carboxylic acids is 1. The first-order valence-corrected chi connectivity index (χ1v) is 6.86. The van der Waals surface area contributed by atoms with Crippen molar-refractivity contribution in [1.82, 2.24) is 5.43 Å². The molecule has 0 radical (unpaired) electrons. The summed E-state index contributed by atoms with van der Waals surface area (Å²) in [5.41, 5.74) is 7.29. The van der Waals surface area contributed by atoms with Crippen molar-refractivity contribution in [3.63, 3.8) is 0 Å². The minimum Gasteiger partial charge on any atom is -0.273 e. The molecule has 0 fully saturated rings. The number of nitrogens with zero attached hydrogens (tertiary/aromatic N) is 1. The van der Waals surface area contributed by atoms with E-state index < -0.39 is 0 Å². The Morgan fingerprint density at radius 2 is 1.95 bits per heavy atom. The molecule has 1 aliphatic heterocycles. The fraction of sp³-hybridized carbons (Fsp3) is 0.176. The summed E-state index contributed by atoms with van der Waals surface area (Å²) < 4.78 is 13.3. The van der Waals surface area contributed by atoms with E-state index in [-0.39, 0.29) is 11.7 Å². The highest BCUT2D eigenvalue weighted by molar-refractivity contribution is 6.04. The van der Waals surface area contributed by atoms with Crippen molar-refractivity contribution in [2.45, 2.75) is 19.8 Å². The van der Waals surface area contributed by atoms with Crippen LogP contribution in [0.25, 0.3) is 11.1 Å². The van der Waals surface area contributed by atoms with Crippen LogP contribution < -0.4 is 5.43 Å². The van der Waals surface area contributed by atoms with E-state index in [0.717, 1.165) is 28.0 Å². The van der Waals surface area contributed by atoms with Crippen molar-refractivity contribution in [3.8, 4) is 11.1 Å². The second kappa shape index (κ2) is 5.48. The van der Waals surface area contributed by atoms with Crippen molar-refractivity contribution >= 4 is 11.6 Å². The van der Waals surface area contributed by atoms with Crippen LogP contribution >= 0.6 is 0 Å². The predicted octanol–water partition coefficient (Wildman–Crippen LogP) is 3.42. The summed E-state index contributed by atoms with van der Waals surface area (Å²) in [6, 6.07) is 12.5. The summed E-state index contributed by atoms with van der Waals surface area (Å²) in [6.07, 6.45) is 1.11. The molecule has 106 valence electrons. The Balaban J connectivity index is 1.95. The van der Waals surface area contributed by atoms with Crippen LogP contribution in [-0.2, 0) is 4.79 Å². The van der Waals surface area contributed by atoms with Gasteiger partial charge in [-0.1, -0.05) is 24.3 Å². The molecule has 0 aromatic heterocycles. The molecule has 1 N–H and O–H groups in total. The number of rotatable bonds is 2. The van der Waals surface area contributed by atoms with Crippen LogP contribution in [0.2, 0.25) is 0 Å². The summed E-state index contributed by atoms with van der Waals surface area (Å²) in [6.45, 7) is 1.99. The second-order valence-electron chi connectivity index (χ2n) is 5.13. The Morgan fingerprint density at radius 3 is 2.62 bits per heavy atom. The summed E-state index contributed by atoms with van der Waals surface area (Å²) in [7, 11) is 0. The lowest BCUT2D eigenvalue weighted by Crippen LogP contribution is -2.25. The molecule has 21 heavy (non-hydrogen) atoms. The molecular weight excluding hydrogens is 267 g/mol. The van der Waals surface area contributed by atoms with Crippen LogP contribution in [0.5, 0.6) is 0 Å². The first kappa shape index (κ1) is 13.5. The van der Waals surface area contributed by atoms with Crippen molar-refractivity contribution in [3.05, 3.63) is 59.4 Å². The van der Waals surface area contributed by atoms with Gasteiger partial charge in [0.25, 0.3) is 0 Å². The van der Waals surface area contributed by atoms with Crippen molar-refractivity contribution in [2.75, 3.05) is 0 Å². The summed E-state index contributed by atoms with van der Waals surface area (Å²) >= 11 is 0. The van der Waals surface area contributed by atoms with Gasteiger partial charge in [0, 0.05) is 12.8 Å². The fourth-order valence-electron chi connectivity index (χ4n) is 2.51. The largest absolute Gasteiger partial charge is 0.273 e. The Morgan fingerprint density at radius 1 is 1.10 bits per heavy atom. The maximum absolute atomic E-state index is 13.3. The van der Waals surface area contributed by atoms with Crippen LogP contribution in [0, 0.1) is 12.7 Å². The highest BCUT2D eigenvalue weighted by Gasteiger charge is 2.14. The fourth-order valence-corrected chi connectivity index (χ4v) is 2.51. The molecule has 1 aliphatic rings. The average molecular weight is 282 g/mol. The van der Waals surface area contributed by atoms with Crippen LogP contribution in [-0.4, -0.2) is 11.6 Å². The molecule has 0 atom stereocenters. The molecule has 4 heteroatoms. The number of hydrogen-bond donors (Lipinski definition) is 1. The third-order valence-electron chi connectivity index (χ3n) is 3.60. The number of hydrogen-bond acceptors (Lipinski definition) is 2. The molecule has 3 nitrogen and oxygen atoms in total. The van der Waals surface area contributed by atoms with Gasteiger partial charge in [-0.15, -0.1) is 0 Å². The van der Waals surface area contributed by atoms with E-state index in [1.54, 1.807) is 6.07 Å². The van der Waals surface area contributed by atoms with Crippen molar-refractivity contribution in [1.29, 1.82) is 0 Å². The van der Waals surface area contributed by atoms with Gasteiger partial charge in [0.2, 0.25) is 5.91 Å². The van der Waals surface area contributed by atoms with Crippen LogP contribution in [0.1, 0.15) is 24.0 Å². The molecule has 0 aliphatic carbocycles. The molecule has 0 unspecified atom stereocenters. The Labute approximate surface area is 122 Å². The minimum absolute atomic E-state index is 0.0492. The minimum atomic E-state index is -0.240. The Hall–Kier alpha value is -2.49. The van der Waals surface area contributed by atoms with Gasteiger partial charge in [-0.3, -0.25) is 4.79 Å². The van der Waals surface area contributed by atoms with Gasteiger partial charge >= 0.3 is 0 Å². The molecule has 2 aromatic carbocycles. The van der Waals surface area contributed by atoms with E-state index in [0.29, 0.717) is 12.8 Å². The van der Waals surface area contributed by atoms with Crippen LogP contribution in [0.3, 0.4) is 0 Å². The van der Waals surface area contributed by atoms with E-state index in [2.05, 4.69) is 10.5 Å². The molecule has 0 saturated carbocycles. The zero-order chi connectivity index (χ0) is 14.8. The lowest BCUT2D eigenvalue weighted by atomic mass is 9.95. The number of hydrazone groups is 1. The zero-order valence-electron chi connectivity index (χ0n) is 11.7. The summed E-state index contributed by atoms with van der Waals surface area (Å²) in [4.78, 5) is 11.1. The average Bonchev–Trinajstić information content (AvgIpc) is 2.48. The smallest absolute Gasteiger partial charge is 0.240 e. The van der Waals surface area contributed by atoms with Crippen LogP contribution in [0.15, 0.2) is 47.6 Å². The molecule has 0 spiro atoms. The normalized spacial score (nSPS) is 14.6. The summed E-state index contributed by atoms with van der Waals surface area (Å²) in [5.74, 6) is -0.290. The van der Waals surface area contributed by atoms with Crippen LogP contribution in [0.4, 0.5) is 4.39 Å². The Kier molecular flexibility index (Phi) is 3.52. The highest BCUT2D eigenvalue weighted by Crippen LogP contribution is 2.25. The first-order chi connectivity index (χ1) is 10.1. The van der Waals surface area contributed by atoms with Gasteiger partial charge in [-0.2, -0.15) is 5.10 Å². The van der Waals surface area contributed by atoms with Gasteiger partial charge in [0.05, 0.1) is 5.71 Å². The van der Waals surface area contributed by atoms with Crippen molar-refractivity contribution in [2.24, 2.45) is 5.10 Å².